The van der Waals surface area contributed by atoms with E-state index in [9.17, 15) is 4.79 Å². The number of piperazine rings is 1. The summed E-state index contributed by atoms with van der Waals surface area (Å²) in [6.07, 6.45) is 0. The molecule has 1 N–H and O–H groups in total. The summed E-state index contributed by atoms with van der Waals surface area (Å²) in [6, 6.07) is 17.8. The molecule has 0 unspecified atom stereocenters. The Balaban J connectivity index is 1.41. The standard InChI is InChI=1S/C21H25ClN4O/c1-17(19-5-3-2-4-6-19)23-24-21(27)16-26-13-11-25(12-14-26)15-18-7-9-20(22)10-8-18/h2-10H,11-16H2,1H3,(H,24,27)/b23-17+. The van der Waals surface area contributed by atoms with Crippen molar-refractivity contribution < 1.29 is 4.79 Å². The number of nitrogens with one attached hydrogen (secondary N) is 1. The van der Waals surface area contributed by atoms with Gasteiger partial charge in [-0.25, -0.2) is 5.43 Å². The summed E-state index contributed by atoms with van der Waals surface area (Å²) in [4.78, 5) is 16.7. The van der Waals surface area contributed by atoms with E-state index in [1.54, 1.807) is 0 Å². The fourth-order valence-corrected chi connectivity index (χ4v) is 3.21. The number of amides is 1. The number of rotatable bonds is 6. The van der Waals surface area contributed by atoms with Crippen LogP contribution < -0.4 is 5.43 Å². The predicted molar refractivity (Wildman–Crippen MR) is 110 cm³/mol. The third-order valence-corrected chi connectivity index (χ3v) is 4.94. The molecule has 0 aliphatic carbocycles. The van der Waals surface area contributed by atoms with Gasteiger partial charge in [0.1, 0.15) is 0 Å². The molecule has 0 aromatic heterocycles. The molecule has 1 aliphatic heterocycles. The van der Waals surface area contributed by atoms with Gasteiger partial charge in [0.05, 0.1) is 12.3 Å². The second kappa shape index (κ2) is 9.65. The molecule has 5 nitrogen and oxygen atoms in total. The van der Waals surface area contributed by atoms with Crippen LogP contribution in [0.1, 0.15) is 18.1 Å². The number of halogens is 1. The van der Waals surface area contributed by atoms with Crippen molar-refractivity contribution in [3.63, 3.8) is 0 Å². The van der Waals surface area contributed by atoms with Gasteiger partial charge in [-0.1, -0.05) is 54.1 Å². The summed E-state index contributed by atoms with van der Waals surface area (Å²) < 4.78 is 0. The van der Waals surface area contributed by atoms with E-state index in [-0.39, 0.29) is 5.91 Å². The van der Waals surface area contributed by atoms with Crippen LogP contribution in [0.2, 0.25) is 5.02 Å². The van der Waals surface area contributed by atoms with Crippen LogP contribution in [-0.2, 0) is 11.3 Å². The predicted octanol–water partition coefficient (Wildman–Crippen LogP) is 3.00. The van der Waals surface area contributed by atoms with Crippen molar-refractivity contribution in [2.75, 3.05) is 32.7 Å². The third kappa shape index (κ3) is 6.17. The van der Waals surface area contributed by atoms with Gasteiger partial charge >= 0.3 is 0 Å². The summed E-state index contributed by atoms with van der Waals surface area (Å²) in [5.41, 5.74) is 5.74. The molecule has 27 heavy (non-hydrogen) atoms. The van der Waals surface area contributed by atoms with Crippen LogP contribution in [0, 0.1) is 0 Å². The molecular weight excluding hydrogens is 360 g/mol. The minimum Gasteiger partial charge on any atom is -0.297 e. The highest BCUT2D eigenvalue weighted by Crippen LogP contribution is 2.12. The molecule has 0 atom stereocenters. The van der Waals surface area contributed by atoms with E-state index in [0.29, 0.717) is 6.54 Å². The van der Waals surface area contributed by atoms with E-state index < -0.39 is 0 Å². The molecule has 0 saturated carbocycles. The fraction of sp³-hybridized carbons (Fsp3) is 0.333. The Hall–Kier alpha value is -2.21. The zero-order valence-corrected chi connectivity index (χ0v) is 16.3. The molecule has 1 amide bonds. The Morgan fingerprint density at radius 1 is 1.00 bits per heavy atom. The molecule has 0 bridgehead atoms. The molecular formula is C21H25ClN4O. The average molecular weight is 385 g/mol. The van der Waals surface area contributed by atoms with Crippen molar-refractivity contribution in [1.82, 2.24) is 15.2 Å². The van der Waals surface area contributed by atoms with Gasteiger partial charge in [0.25, 0.3) is 5.91 Å². The Morgan fingerprint density at radius 2 is 1.63 bits per heavy atom. The van der Waals surface area contributed by atoms with Crippen molar-refractivity contribution in [2.45, 2.75) is 13.5 Å². The minimum atomic E-state index is -0.0727. The van der Waals surface area contributed by atoms with Crippen LogP contribution in [0.25, 0.3) is 0 Å². The summed E-state index contributed by atoms with van der Waals surface area (Å²) in [6.45, 7) is 6.83. The first kappa shape index (κ1) is 19.5. The molecule has 1 saturated heterocycles. The summed E-state index contributed by atoms with van der Waals surface area (Å²) >= 11 is 5.93. The lowest BCUT2D eigenvalue weighted by Gasteiger charge is -2.34. The number of hydrogen-bond acceptors (Lipinski definition) is 4. The van der Waals surface area contributed by atoms with Crippen LogP contribution in [0.4, 0.5) is 0 Å². The first-order valence-electron chi connectivity index (χ1n) is 9.18. The van der Waals surface area contributed by atoms with Crippen LogP contribution in [-0.4, -0.2) is 54.1 Å². The zero-order valence-electron chi connectivity index (χ0n) is 15.6. The van der Waals surface area contributed by atoms with Gasteiger partial charge in [0, 0.05) is 37.7 Å². The van der Waals surface area contributed by atoms with Crippen LogP contribution in [0.15, 0.2) is 59.7 Å². The molecule has 0 radical (unpaired) electrons. The van der Waals surface area contributed by atoms with Gasteiger partial charge in [-0.15, -0.1) is 0 Å². The van der Waals surface area contributed by atoms with Crippen LogP contribution >= 0.6 is 11.6 Å². The van der Waals surface area contributed by atoms with Gasteiger partial charge in [0.15, 0.2) is 0 Å². The molecule has 142 valence electrons. The highest BCUT2D eigenvalue weighted by Gasteiger charge is 2.19. The lowest BCUT2D eigenvalue weighted by atomic mass is 10.1. The number of carbonyl (C=O) groups excluding carboxylic acids is 1. The summed E-state index contributed by atoms with van der Waals surface area (Å²) in [7, 11) is 0. The summed E-state index contributed by atoms with van der Waals surface area (Å²) in [5, 5.41) is 4.97. The Kier molecular flexibility index (Phi) is 6.98. The molecule has 6 heteroatoms. The minimum absolute atomic E-state index is 0.0727. The highest BCUT2D eigenvalue weighted by atomic mass is 35.5. The van der Waals surface area contributed by atoms with E-state index in [0.717, 1.165) is 49.0 Å². The Labute approximate surface area is 165 Å². The van der Waals surface area contributed by atoms with Crippen LogP contribution in [0.3, 0.4) is 0 Å². The second-order valence-electron chi connectivity index (χ2n) is 6.78. The van der Waals surface area contributed by atoms with Crippen molar-refractivity contribution in [1.29, 1.82) is 0 Å². The number of hydrogen-bond donors (Lipinski definition) is 1. The molecule has 2 aromatic carbocycles. The van der Waals surface area contributed by atoms with Gasteiger partial charge in [-0.3, -0.25) is 14.6 Å². The molecule has 1 fully saturated rings. The quantitative estimate of drug-likeness (QED) is 0.615. The van der Waals surface area contributed by atoms with E-state index in [1.807, 2.05) is 49.4 Å². The lowest BCUT2D eigenvalue weighted by Crippen LogP contribution is -2.48. The van der Waals surface area contributed by atoms with Gasteiger partial charge in [-0.2, -0.15) is 5.10 Å². The van der Waals surface area contributed by atoms with Gasteiger partial charge in [0.2, 0.25) is 0 Å². The number of carbonyl (C=O) groups is 1. The van der Waals surface area contributed by atoms with E-state index in [4.69, 9.17) is 11.6 Å². The smallest absolute Gasteiger partial charge is 0.254 e. The maximum Gasteiger partial charge on any atom is 0.254 e. The fourth-order valence-electron chi connectivity index (χ4n) is 3.08. The Morgan fingerprint density at radius 3 is 2.30 bits per heavy atom. The normalized spacial score (nSPS) is 16.3. The zero-order chi connectivity index (χ0) is 19.1. The molecule has 1 heterocycles. The SMILES string of the molecule is C/C(=N\NC(=O)CN1CCN(Cc2ccc(Cl)cc2)CC1)c1ccccc1. The average Bonchev–Trinajstić information content (AvgIpc) is 2.70. The Bertz CT molecular complexity index is 769. The summed E-state index contributed by atoms with van der Waals surface area (Å²) in [5.74, 6) is -0.0727. The first-order valence-corrected chi connectivity index (χ1v) is 9.55. The van der Waals surface area contributed by atoms with E-state index in [2.05, 4.69) is 32.5 Å². The molecule has 3 rings (SSSR count). The first-order chi connectivity index (χ1) is 13.1. The monoisotopic (exact) mass is 384 g/mol. The van der Waals surface area contributed by atoms with Crippen molar-refractivity contribution in [2.24, 2.45) is 5.10 Å². The lowest BCUT2D eigenvalue weighted by molar-refractivity contribution is -0.122. The topological polar surface area (TPSA) is 47.9 Å². The number of hydrazone groups is 1. The maximum atomic E-state index is 12.2. The largest absolute Gasteiger partial charge is 0.297 e. The third-order valence-electron chi connectivity index (χ3n) is 4.69. The van der Waals surface area contributed by atoms with Gasteiger partial charge in [-0.05, 0) is 30.2 Å². The highest BCUT2D eigenvalue weighted by molar-refractivity contribution is 6.30. The number of benzene rings is 2. The van der Waals surface area contributed by atoms with Gasteiger partial charge < -0.3 is 0 Å². The molecule has 1 aliphatic rings. The maximum absolute atomic E-state index is 12.2. The van der Waals surface area contributed by atoms with E-state index >= 15 is 0 Å². The van der Waals surface area contributed by atoms with Crippen molar-refractivity contribution in [3.8, 4) is 0 Å². The van der Waals surface area contributed by atoms with Crippen molar-refractivity contribution in [3.05, 3.63) is 70.7 Å². The van der Waals surface area contributed by atoms with E-state index in [1.165, 1.54) is 5.56 Å². The second-order valence-corrected chi connectivity index (χ2v) is 7.21. The van der Waals surface area contributed by atoms with Crippen LogP contribution in [0.5, 0.6) is 0 Å². The number of nitrogens with zero attached hydrogens (tertiary/aromatic N) is 3. The molecule has 0 spiro atoms. The van der Waals surface area contributed by atoms with Crippen molar-refractivity contribution >= 4 is 23.2 Å². The molecule has 2 aromatic rings.